The molecule has 39 heavy (non-hydrogen) atoms. The van der Waals surface area contributed by atoms with E-state index in [2.05, 4.69) is 15.3 Å². The number of nitrogens with two attached hydrogens (primary N) is 2. The number of para-hydroxylation sites is 1. The first kappa shape index (κ1) is 25.2. The van der Waals surface area contributed by atoms with Crippen LogP contribution in [0.2, 0.25) is 0 Å². The molecule has 6 rings (SSSR count). The minimum atomic E-state index is -1.91. The highest BCUT2D eigenvalue weighted by Gasteiger charge is 2.75. The topological polar surface area (TPSA) is 209 Å². The second kappa shape index (κ2) is 8.71. The fourth-order valence-electron chi connectivity index (χ4n) is 6.29. The number of ether oxygens (including phenoxy) is 2. The Morgan fingerprint density at radius 1 is 1.15 bits per heavy atom. The molecule has 0 aromatic heterocycles. The first-order chi connectivity index (χ1) is 18.6. The fraction of sp³-hybridized carbons (Fsp3) is 0.542. The lowest BCUT2D eigenvalue weighted by Gasteiger charge is -2.52. The highest BCUT2D eigenvalue weighted by atomic mass is 16.5. The van der Waals surface area contributed by atoms with Crippen LogP contribution >= 0.6 is 0 Å². The van der Waals surface area contributed by atoms with Gasteiger partial charge in [-0.2, -0.15) is 5.06 Å². The zero-order valence-corrected chi connectivity index (χ0v) is 21.2. The lowest BCUT2D eigenvalue weighted by molar-refractivity contribution is -0.219. The van der Waals surface area contributed by atoms with Crippen LogP contribution in [0.3, 0.4) is 0 Å². The van der Waals surface area contributed by atoms with E-state index in [0.717, 1.165) is 4.90 Å². The Bertz CT molecular complexity index is 1300. The number of benzene rings is 1. The van der Waals surface area contributed by atoms with Gasteiger partial charge in [0.05, 0.1) is 37.4 Å². The Kier molecular flexibility index (Phi) is 5.62. The zero-order valence-electron chi connectivity index (χ0n) is 21.2. The standard InChI is InChI=1S/C24H30N8O7/c1-23(36)15(28-20(35)12-4-2-5-14-18(12)39-9-3-8-38-14)11-31-21(25)27-13(10-30-16(33)6-7-17(30)34)19-24(23,31)32(37)22(26)29-19/h2,4-5,13,15,19,36-37H,3,6-11H2,1H3,(H2,25,27)(H2,26,29)(H,28,35)/t13-,15-,19?,23?,24?/m0/s1. The molecule has 15 nitrogen and oxygen atoms in total. The summed E-state index contributed by atoms with van der Waals surface area (Å²) in [7, 11) is 0. The van der Waals surface area contributed by atoms with Crippen molar-refractivity contribution < 1.29 is 34.2 Å². The molecular formula is C24H30N8O7. The molecule has 3 amide bonds. The van der Waals surface area contributed by atoms with Crippen LogP contribution < -0.4 is 26.3 Å². The number of aliphatic hydroxyl groups is 1. The van der Waals surface area contributed by atoms with Crippen molar-refractivity contribution in [3.63, 3.8) is 0 Å². The smallest absolute Gasteiger partial charge is 0.255 e. The zero-order chi connectivity index (χ0) is 27.7. The summed E-state index contributed by atoms with van der Waals surface area (Å²) in [5, 5.41) is 26.8. The number of fused-ring (bicyclic) bond motifs is 1. The molecule has 2 fully saturated rings. The van der Waals surface area contributed by atoms with E-state index >= 15 is 0 Å². The summed E-state index contributed by atoms with van der Waals surface area (Å²) in [6.07, 6.45) is 0.843. The predicted octanol–water partition coefficient (Wildman–Crippen LogP) is -2.06. The number of amides is 3. The van der Waals surface area contributed by atoms with Gasteiger partial charge in [0.1, 0.15) is 11.6 Å². The van der Waals surface area contributed by atoms with E-state index in [-0.39, 0.29) is 55.2 Å². The average Bonchev–Trinajstić information content (AvgIpc) is 3.34. The maximum absolute atomic E-state index is 13.5. The number of rotatable bonds is 4. The monoisotopic (exact) mass is 542 g/mol. The molecule has 1 aromatic rings. The SMILES string of the molecule is CC1(O)[C@@H](NC(=O)c2cccc3c2OCCCO3)CN2C(N)=N[C@@H](CN3C(=O)CCC3=O)C3N=C(N)N(O)C321. The maximum Gasteiger partial charge on any atom is 0.255 e. The highest BCUT2D eigenvalue weighted by molar-refractivity contribution is 6.02. The normalized spacial score (nSPS) is 33.4. The second-order valence-corrected chi connectivity index (χ2v) is 10.4. The van der Waals surface area contributed by atoms with Gasteiger partial charge in [-0.05, 0) is 19.1 Å². The molecule has 2 saturated heterocycles. The predicted molar refractivity (Wildman–Crippen MR) is 134 cm³/mol. The molecule has 5 aliphatic heterocycles. The lowest BCUT2D eigenvalue weighted by atomic mass is 9.78. The fourth-order valence-corrected chi connectivity index (χ4v) is 6.29. The number of hydrogen-bond acceptors (Lipinski definition) is 13. The highest BCUT2D eigenvalue weighted by Crippen LogP contribution is 2.50. The molecule has 0 radical (unpaired) electrons. The first-order valence-electron chi connectivity index (χ1n) is 12.8. The van der Waals surface area contributed by atoms with Gasteiger partial charge in [0.15, 0.2) is 23.1 Å². The molecule has 5 atom stereocenters. The van der Waals surface area contributed by atoms with Gasteiger partial charge < -0.3 is 36.3 Å². The van der Waals surface area contributed by atoms with E-state index in [1.807, 2.05) is 0 Å². The van der Waals surface area contributed by atoms with E-state index in [4.69, 9.17) is 20.9 Å². The summed E-state index contributed by atoms with van der Waals surface area (Å²) in [5.41, 5.74) is 8.92. The van der Waals surface area contributed by atoms with E-state index in [1.54, 1.807) is 18.2 Å². The molecule has 5 heterocycles. The van der Waals surface area contributed by atoms with Gasteiger partial charge in [-0.1, -0.05) is 6.07 Å². The first-order valence-corrected chi connectivity index (χ1v) is 12.8. The van der Waals surface area contributed by atoms with Crippen LogP contribution in [-0.4, -0.2) is 111 Å². The van der Waals surface area contributed by atoms with Gasteiger partial charge in [-0.3, -0.25) is 24.5 Å². The Labute approximate surface area is 223 Å². The van der Waals surface area contributed by atoms with Crippen LogP contribution in [0.4, 0.5) is 0 Å². The van der Waals surface area contributed by atoms with Crippen molar-refractivity contribution in [1.82, 2.24) is 20.2 Å². The van der Waals surface area contributed by atoms with Crippen molar-refractivity contribution >= 4 is 29.6 Å². The summed E-state index contributed by atoms with van der Waals surface area (Å²) in [6.45, 7) is 2.07. The van der Waals surface area contributed by atoms with E-state index in [0.29, 0.717) is 36.2 Å². The average molecular weight is 543 g/mol. The van der Waals surface area contributed by atoms with Crippen LogP contribution in [0.25, 0.3) is 0 Å². The number of nitrogens with zero attached hydrogens (tertiary/aromatic N) is 5. The molecule has 7 N–H and O–H groups in total. The summed E-state index contributed by atoms with van der Waals surface area (Å²) >= 11 is 0. The van der Waals surface area contributed by atoms with Crippen molar-refractivity contribution in [3.8, 4) is 11.5 Å². The number of carbonyl (C=O) groups is 3. The Balaban J connectivity index is 1.34. The number of imide groups is 1. The molecule has 5 aliphatic rings. The van der Waals surface area contributed by atoms with Gasteiger partial charge >= 0.3 is 0 Å². The van der Waals surface area contributed by atoms with Gasteiger partial charge in [-0.15, -0.1) is 0 Å². The second-order valence-electron chi connectivity index (χ2n) is 10.4. The van der Waals surface area contributed by atoms with Crippen molar-refractivity contribution in [2.45, 2.75) is 55.6 Å². The number of hydrogen-bond donors (Lipinski definition) is 5. The molecule has 3 unspecified atom stereocenters. The molecule has 208 valence electrons. The third-order valence-electron chi connectivity index (χ3n) is 8.21. The third-order valence-corrected chi connectivity index (χ3v) is 8.21. The third kappa shape index (κ3) is 3.45. The molecule has 1 spiro atoms. The minimum absolute atomic E-state index is 0.0505. The van der Waals surface area contributed by atoms with Crippen LogP contribution in [0.1, 0.15) is 36.5 Å². The molecule has 15 heteroatoms. The van der Waals surface area contributed by atoms with Crippen molar-refractivity contribution in [2.24, 2.45) is 21.5 Å². The number of hydroxylamine groups is 2. The summed E-state index contributed by atoms with van der Waals surface area (Å²) in [5.74, 6) is -0.857. The summed E-state index contributed by atoms with van der Waals surface area (Å²) in [6, 6.07) is 2.05. The molecule has 1 aromatic carbocycles. The Morgan fingerprint density at radius 3 is 2.62 bits per heavy atom. The van der Waals surface area contributed by atoms with Gasteiger partial charge in [0.2, 0.25) is 17.8 Å². The number of nitrogens with one attached hydrogen (secondary N) is 1. The summed E-state index contributed by atoms with van der Waals surface area (Å²) < 4.78 is 11.5. The van der Waals surface area contributed by atoms with E-state index in [1.165, 1.54) is 11.8 Å². The molecular weight excluding hydrogens is 512 g/mol. The van der Waals surface area contributed by atoms with Crippen LogP contribution in [0.15, 0.2) is 28.2 Å². The van der Waals surface area contributed by atoms with Gasteiger partial charge in [0.25, 0.3) is 5.91 Å². The summed E-state index contributed by atoms with van der Waals surface area (Å²) in [4.78, 5) is 49.6. The van der Waals surface area contributed by atoms with E-state index in [9.17, 15) is 24.7 Å². The number of guanidine groups is 2. The number of carbonyl (C=O) groups excluding carboxylic acids is 3. The molecule has 0 bridgehead atoms. The van der Waals surface area contributed by atoms with Crippen molar-refractivity contribution in [2.75, 3.05) is 26.3 Å². The number of likely N-dealkylation sites (tertiary alicyclic amines) is 1. The lowest BCUT2D eigenvalue weighted by Crippen LogP contribution is -2.77. The minimum Gasteiger partial charge on any atom is -0.490 e. The van der Waals surface area contributed by atoms with E-state index < -0.39 is 35.3 Å². The maximum atomic E-state index is 13.5. The molecule has 0 aliphatic carbocycles. The Hall–Kier alpha value is -4.11. The van der Waals surface area contributed by atoms with Gasteiger partial charge in [0, 0.05) is 25.8 Å². The number of aliphatic imine (C=N–C) groups is 2. The Morgan fingerprint density at radius 2 is 1.87 bits per heavy atom. The van der Waals surface area contributed by atoms with Crippen LogP contribution in [-0.2, 0) is 9.59 Å². The molecule has 0 saturated carbocycles. The van der Waals surface area contributed by atoms with Crippen LogP contribution in [0.5, 0.6) is 11.5 Å². The quantitative estimate of drug-likeness (QED) is 0.261. The van der Waals surface area contributed by atoms with Crippen LogP contribution in [0, 0.1) is 0 Å². The van der Waals surface area contributed by atoms with Crippen molar-refractivity contribution in [1.29, 1.82) is 0 Å². The van der Waals surface area contributed by atoms with Crippen molar-refractivity contribution in [3.05, 3.63) is 23.8 Å². The van der Waals surface area contributed by atoms with Gasteiger partial charge in [-0.25, -0.2) is 9.98 Å². The largest absolute Gasteiger partial charge is 0.490 e.